The highest BCUT2D eigenvalue weighted by atomic mass is 35.5. The van der Waals surface area contributed by atoms with Gasteiger partial charge in [-0.05, 0) is 18.2 Å². The lowest BCUT2D eigenvalue weighted by Crippen LogP contribution is -2.36. The van der Waals surface area contributed by atoms with E-state index in [-0.39, 0.29) is 5.91 Å². The summed E-state index contributed by atoms with van der Waals surface area (Å²) < 4.78 is 0. The topological polar surface area (TPSA) is 58.4 Å². The van der Waals surface area contributed by atoms with E-state index in [2.05, 4.69) is 5.43 Å². The first-order valence-electron chi connectivity index (χ1n) is 4.04. The Kier molecular flexibility index (Phi) is 3.33. The number of hydrazine groups is 1. The maximum Gasteiger partial charge on any atom is 0.267 e. The molecular weight excluding hydrogens is 202 g/mol. The lowest BCUT2D eigenvalue weighted by molar-refractivity contribution is 0.0857. The fourth-order valence-corrected chi connectivity index (χ4v) is 1.18. The molecule has 76 valence electrons. The molecular formula is C9H12ClN3O. The molecule has 0 radical (unpaired) electrons. The van der Waals surface area contributed by atoms with Crippen molar-refractivity contribution in [2.45, 2.75) is 0 Å². The Bertz CT molecular complexity index is 352. The van der Waals surface area contributed by atoms with Crippen molar-refractivity contribution in [2.75, 3.05) is 19.8 Å². The van der Waals surface area contributed by atoms with E-state index in [0.29, 0.717) is 16.3 Å². The fraction of sp³-hybridized carbons (Fsp3) is 0.222. The normalized spacial score (nSPS) is 10.3. The van der Waals surface area contributed by atoms with Crippen LogP contribution < -0.4 is 11.2 Å². The molecule has 1 amide bonds. The standard InChI is InChI=1S/C9H12ClN3O/c1-13(2)12-9(14)7-5-6(11)3-4-8(7)10/h3-5H,11H2,1-2H3,(H,12,14). The van der Waals surface area contributed by atoms with Crippen molar-refractivity contribution in [1.82, 2.24) is 10.4 Å². The molecule has 14 heavy (non-hydrogen) atoms. The van der Waals surface area contributed by atoms with E-state index in [1.807, 2.05) is 0 Å². The summed E-state index contributed by atoms with van der Waals surface area (Å²) in [6, 6.07) is 4.79. The summed E-state index contributed by atoms with van der Waals surface area (Å²) in [4.78, 5) is 11.5. The highest BCUT2D eigenvalue weighted by Crippen LogP contribution is 2.18. The molecule has 0 bridgehead atoms. The number of amides is 1. The Balaban J connectivity index is 2.94. The second kappa shape index (κ2) is 4.30. The number of nitrogen functional groups attached to an aromatic ring is 1. The third-order valence-electron chi connectivity index (χ3n) is 1.56. The van der Waals surface area contributed by atoms with Gasteiger partial charge in [0.1, 0.15) is 0 Å². The first kappa shape index (κ1) is 10.8. The molecule has 0 spiro atoms. The number of benzene rings is 1. The van der Waals surface area contributed by atoms with Gasteiger partial charge in [-0.15, -0.1) is 0 Å². The lowest BCUT2D eigenvalue weighted by Gasteiger charge is -2.12. The van der Waals surface area contributed by atoms with Gasteiger partial charge in [-0.25, -0.2) is 5.01 Å². The number of nitrogens with one attached hydrogen (secondary N) is 1. The van der Waals surface area contributed by atoms with Crippen LogP contribution in [-0.4, -0.2) is 25.0 Å². The van der Waals surface area contributed by atoms with Crippen LogP contribution in [0.5, 0.6) is 0 Å². The third kappa shape index (κ3) is 2.61. The molecule has 3 N–H and O–H groups in total. The van der Waals surface area contributed by atoms with E-state index in [1.165, 1.54) is 0 Å². The second-order valence-corrected chi connectivity index (χ2v) is 3.48. The van der Waals surface area contributed by atoms with Crippen LogP contribution in [0, 0.1) is 0 Å². The van der Waals surface area contributed by atoms with Crippen molar-refractivity contribution in [3.63, 3.8) is 0 Å². The quantitative estimate of drug-likeness (QED) is 0.572. The first-order valence-corrected chi connectivity index (χ1v) is 4.42. The molecule has 0 aliphatic rings. The zero-order valence-electron chi connectivity index (χ0n) is 8.04. The van der Waals surface area contributed by atoms with Crippen LogP contribution in [0.15, 0.2) is 18.2 Å². The van der Waals surface area contributed by atoms with Crippen molar-refractivity contribution in [3.8, 4) is 0 Å². The number of carbonyl (C=O) groups is 1. The van der Waals surface area contributed by atoms with E-state index in [1.54, 1.807) is 37.3 Å². The maximum absolute atomic E-state index is 11.5. The van der Waals surface area contributed by atoms with Gasteiger partial charge in [0.15, 0.2) is 0 Å². The molecule has 1 aromatic rings. The Morgan fingerprint density at radius 3 is 2.71 bits per heavy atom. The number of hydrogen-bond acceptors (Lipinski definition) is 3. The van der Waals surface area contributed by atoms with Gasteiger partial charge in [-0.3, -0.25) is 10.2 Å². The number of hydrogen-bond donors (Lipinski definition) is 2. The summed E-state index contributed by atoms with van der Waals surface area (Å²) in [5.74, 6) is -0.271. The molecule has 0 aliphatic heterocycles. The zero-order valence-corrected chi connectivity index (χ0v) is 8.80. The van der Waals surface area contributed by atoms with Gasteiger partial charge in [0, 0.05) is 19.8 Å². The van der Waals surface area contributed by atoms with E-state index >= 15 is 0 Å². The average Bonchev–Trinajstić information content (AvgIpc) is 2.08. The molecule has 1 rings (SSSR count). The molecule has 4 nitrogen and oxygen atoms in total. The van der Waals surface area contributed by atoms with Crippen LogP contribution in [0.25, 0.3) is 0 Å². The summed E-state index contributed by atoms with van der Waals surface area (Å²) >= 11 is 5.84. The van der Waals surface area contributed by atoms with Crippen LogP contribution in [0.3, 0.4) is 0 Å². The molecule has 5 heteroatoms. The highest BCUT2D eigenvalue weighted by Gasteiger charge is 2.10. The number of halogens is 1. The van der Waals surface area contributed by atoms with Crippen molar-refractivity contribution < 1.29 is 4.79 Å². The highest BCUT2D eigenvalue weighted by molar-refractivity contribution is 6.33. The molecule has 0 saturated heterocycles. The molecule has 0 heterocycles. The number of rotatable bonds is 2. The van der Waals surface area contributed by atoms with Gasteiger partial charge in [-0.2, -0.15) is 0 Å². The predicted molar refractivity (Wildman–Crippen MR) is 57.0 cm³/mol. The largest absolute Gasteiger partial charge is 0.399 e. The van der Waals surface area contributed by atoms with Crippen molar-refractivity contribution in [2.24, 2.45) is 0 Å². The van der Waals surface area contributed by atoms with Crippen LogP contribution in [0.1, 0.15) is 10.4 Å². The van der Waals surface area contributed by atoms with E-state index in [4.69, 9.17) is 17.3 Å². The van der Waals surface area contributed by atoms with Gasteiger partial charge in [0.05, 0.1) is 10.6 Å². The molecule has 1 aromatic carbocycles. The molecule has 0 aliphatic carbocycles. The lowest BCUT2D eigenvalue weighted by atomic mass is 10.2. The van der Waals surface area contributed by atoms with Crippen molar-refractivity contribution in [1.29, 1.82) is 0 Å². The van der Waals surface area contributed by atoms with Crippen molar-refractivity contribution >= 4 is 23.2 Å². The Hall–Kier alpha value is -1.26. The van der Waals surface area contributed by atoms with Gasteiger partial charge < -0.3 is 5.73 Å². The average molecular weight is 214 g/mol. The van der Waals surface area contributed by atoms with Crippen LogP contribution >= 0.6 is 11.6 Å². The SMILES string of the molecule is CN(C)NC(=O)c1cc(N)ccc1Cl. The molecule has 0 aromatic heterocycles. The monoisotopic (exact) mass is 213 g/mol. The second-order valence-electron chi connectivity index (χ2n) is 3.07. The van der Waals surface area contributed by atoms with Gasteiger partial charge >= 0.3 is 0 Å². The molecule has 0 saturated carbocycles. The van der Waals surface area contributed by atoms with E-state index < -0.39 is 0 Å². The fourth-order valence-electron chi connectivity index (χ4n) is 0.980. The van der Waals surface area contributed by atoms with E-state index in [9.17, 15) is 4.79 Å². The molecule has 0 atom stereocenters. The van der Waals surface area contributed by atoms with Crippen molar-refractivity contribution in [3.05, 3.63) is 28.8 Å². The summed E-state index contributed by atoms with van der Waals surface area (Å²) in [6.45, 7) is 0. The molecule has 0 fully saturated rings. The minimum atomic E-state index is -0.271. The van der Waals surface area contributed by atoms with Gasteiger partial charge in [0.2, 0.25) is 0 Å². The Morgan fingerprint density at radius 2 is 2.14 bits per heavy atom. The summed E-state index contributed by atoms with van der Waals surface area (Å²) in [6.07, 6.45) is 0. The zero-order chi connectivity index (χ0) is 10.7. The number of carbonyl (C=O) groups excluding carboxylic acids is 1. The third-order valence-corrected chi connectivity index (χ3v) is 1.89. The minimum Gasteiger partial charge on any atom is -0.399 e. The summed E-state index contributed by atoms with van der Waals surface area (Å²) in [5.41, 5.74) is 9.01. The number of nitrogens with zero attached hydrogens (tertiary/aromatic N) is 1. The number of anilines is 1. The summed E-state index contributed by atoms with van der Waals surface area (Å²) in [5, 5.41) is 1.93. The Morgan fingerprint density at radius 1 is 1.50 bits per heavy atom. The summed E-state index contributed by atoms with van der Waals surface area (Å²) in [7, 11) is 3.44. The molecule has 0 unspecified atom stereocenters. The van der Waals surface area contributed by atoms with Gasteiger partial charge in [-0.1, -0.05) is 11.6 Å². The minimum absolute atomic E-state index is 0.271. The first-order chi connectivity index (χ1) is 6.50. The van der Waals surface area contributed by atoms with Crippen LogP contribution in [0.4, 0.5) is 5.69 Å². The maximum atomic E-state index is 11.5. The Labute approximate surface area is 87.6 Å². The van der Waals surface area contributed by atoms with Gasteiger partial charge in [0.25, 0.3) is 5.91 Å². The van der Waals surface area contributed by atoms with Crippen LogP contribution in [-0.2, 0) is 0 Å². The van der Waals surface area contributed by atoms with E-state index in [0.717, 1.165) is 0 Å². The number of nitrogens with two attached hydrogens (primary N) is 1. The predicted octanol–water partition coefficient (Wildman–Crippen LogP) is 1.13. The smallest absolute Gasteiger partial charge is 0.267 e. The van der Waals surface area contributed by atoms with Crippen LogP contribution in [0.2, 0.25) is 5.02 Å².